The molecule has 312 valence electrons. The van der Waals surface area contributed by atoms with E-state index in [1.54, 1.807) is 0 Å². The van der Waals surface area contributed by atoms with Gasteiger partial charge >= 0.3 is 0 Å². The second-order valence-electron chi connectivity index (χ2n) is 18.0. The Morgan fingerprint density at radius 2 is 1.21 bits per heavy atom. The first kappa shape index (κ1) is 39.7. The zero-order chi connectivity index (χ0) is 43.7. The number of nitrogens with zero attached hydrogens (tertiary/aromatic N) is 8. The Balaban J connectivity index is 1.03. The van der Waals surface area contributed by atoms with Gasteiger partial charge in [0, 0.05) is 52.1 Å². The van der Waals surface area contributed by atoms with Crippen molar-refractivity contribution in [2.45, 2.75) is 67.7 Å². The van der Waals surface area contributed by atoms with Gasteiger partial charge in [0.25, 0.3) is 0 Å². The molecule has 0 amide bonds. The molecule has 9 nitrogen and oxygen atoms in total. The highest BCUT2D eigenvalue weighted by molar-refractivity contribution is 6.09. The zero-order valence-electron chi connectivity index (χ0n) is 37.3. The number of pyridine rings is 2. The minimum atomic E-state index is -0.0182. The van der Waals surface area contributed by atoms with Crippen LogP contribution in [0.5, 0.6) is 11.5 Å². The maximum Gasteiger partial charge on any atom is 0.235 e. The van der Waals surface area contributed by atoms with Crippen LogP contribution >= 0.6 is 0 Å². The third-order valence-electron chi connectivity index (χ3n) is 12.2. The molecule has 0 N–H and O–H groups in total. The Kier molecular flexibility index (Phi) is 9.59. The summed E-state index contributed by atoms with van der Waals surface area (Å²) in [5.74, 6) is 4.19. The molecule has 5 aromatic carbocycles. The van der Waals surface area contributed by atoms with Crippen LogP contribution in [0.25, 0.3) is 50.4 Å². The molecule has 1 aliphatic rings. The van der Waals surface area contributed by atoms with Crippen molar-refractivity contribution in [3.05, 3.63) is 167 Å². The van der Waals surface area contributed by atoms with Crippen LogP contribution in [0.3, 0.4) is 0 Å². The highest BCUT2D eigenvalue weighted by Crippen LogP contribution is 2.45. The average Bonchev–Trinajstić information content (AvgIpc) is 3.79. The lowest BCUT2D eigenvalue weighted by Gasteiger charge is -2.22. The molecule has 9 heteroatoms. The van der Waals surface area contributed by atoms with Gasteiger partial charge < -0.3 is 9.64 Å². The Morgan fingerprint density at radius 3 is 1.89 bits per heavy atom. The summed E-state index contributed by atoms with van der Waals surface area (Å²) in [6, 6.07) is 38.2. The molecule has 0 unspecified atom stereocenters. The van der Waals surface area contributed by atoms with E-state index in [1.165, 1.54) is 22.1 Å². The quantitative estimate of drug-likeness (QED) is 0.157. The smallest absolute Gasteiger partial charge is 0.235 e. The first-order valence-corrected chi connectivity index (χ1v) is 21.5. The van der Waals surface area contributed by atoms with Gasteiger partial charge in [0.15, 0.2) is 11.6 Å². The van der Waals surface area contributed by atoms with Crippen molar-refractivity contribution >= 4 is 44.8 Å². The van der Waals surface area contributed by atoms with E-state index < -0.39 is 0 Å². The van der Waals surface area contributed by atoms with Crippen molar-refractivity contribution in [1.29, 1.82) is 0 Å². The molecule has 1 aliphatic heterocycles. The molecule has 0 bridgehead atoms. The van der Waals surface area contributed by atoms with Gasteiger partial charge in [0.1, 0.15) is 24.0 Å². The molecule has 9 aromatic rings. The SMILES string of the molecule is Cc1cc(C)c(-c2nc(-c3c(C)cc(C)cc3C)nc(N3CN(c4cccc(Oc5ccc6c7ccccc7n(-c7cc(C(C)(C)C)ccn7)c6c5)c4)c4ccncc43)n2)c(C)c1. The fourth-order valence-electron chi connectivity index (χ4n) is 9.39. The van der Waals surface area contributed by atoms with E-state index in [-0.39, 0.29) is 5.41 Å². The second kappa shape index (κ2) is 15.2. The van der Waals surface area contributed by atoms with E-state index >= 15 is 0 Å². The number of rotatable bonds is 7. The monoisotopic (exact) mass is 826 g/mol. The number of fused-ring (bicyclic) bond motifs is 4. The van der Waals surface area contributed by atoms with E-state index in [0.717, 1.165) is 84.2 Å². The average molecular weight is 827 g/mol. The van der Waals surface area contributed by atoms with Crippen LogP contribution in [0.2, 0.25) is 0 Å². The molecule has 0 spiro atoms. The van der Waals surface area contributed by atoms with Crippen molar-refractivity contribution in [2.75, 3.05) is 16.5 Å². The van der Waals surface area contributed by atoms with Crippen LogP contribution < -0.4 is 14.5 Å². The highest BCUT2D eigenvalue weighted by Gasteiger charge is 2.32. The molecule has 0 radical (unpaired) electrons. The largest absolute Gasteiger partial charge is 0.457 e. The van der Waals surface area contributed by atoms with Crippen LogP contribution in [-0.2, 0) is 5.41 Å². The number of anilines is 4. The standard InChI is InChI=1S/C54H50N8O/c1-32-23-34(3)49(35(4)24-32)51-57-52(50-36(5)25-33(2)26-37(50)6)59-53(58-51)61-31-60(45-20-21-55-30-47(45)61)39-13-12-14-40(28-39)63-41-17-18-43-42-15-10-11-16-44(42)62(46(43)29-41)48-27-38(19-22-56-48)54(7,8)9/h10-30H,31H2,1-9H3. The lowest BCUT2D eigenvalue weighted by atomic mass is 9.88. The number of para-hydroxylation sites is 1. The number of aryl methyl sites for hydroxylation is 6. The number of ether oxygens (including phenoxy) is 1. The Hall–Kier alpha value is -7.39. The lowest BCUT2D eigenvalue weighted by Crippen LogP contribution is -2.26. The molecule has 0 fully saturated rings. The fraction of sp³-hybridized carbons (Fsp3) is 0.204. The minimum Gasteiger partial charge on any atom is -0.457 e. The maximum atomic E-state index is 6.72. The molecule has 0 atom stereocenters. The lowest BCUT2D eigenvalue weighted by molar-refractivity contribution is 0.483. The summed E-state index contributed by atoms with van der Waals surface area (Å²) in [5.41, 5.74) is 15.2. The molecule has 0 saturated carbocycles. The summed E-state index contributed by atoms with van der Waals surface area (Å²) in [7, 11) is 0. The molecule has 0 aliphatic carbocycles. The van der Waals surface area contributed by atoms with E-state index in [0.29, 0.717) is 24.3 Å². The number of benzene rings is 5. The summed E-state index contributed by atoms with van der Waals surface area (Å²) in [6.45, 7) is 19.9. The highest BCUT2D eigenvalue weighted by atomic mass is 16.5. The van der Waals surface area contributed by atoms with Gasteiger partial charge in [-0.2, -0.15) is 9.97 Å². The Labute approximate surface area is 368 Å². The third kappa shape index (κ3) is 7.13. The molecule has 10 rings (SSSR count). The summed E-state index contributed by atoms with van der Waals surface area (Å²) in [5, 5.41) is 2.31. The van der Waals surface area contributed by atoms with Gasteiger partial charge in [-0.25, -0.2) is 9.97 Å². The first-order chi connectivity index (χ1) is 30.3. The summed E-state index contributed by atoms with van der Waals surface area (Å²) in [6.07, 6.45) is 5.63. The maximum absolute atomic E-state index is 6.72. The Bertz CT molecular complexity index is 3150. The van der Waals surface area contributed by atoms with Gasteiger partial charge in [-0.15, -0.1) is 0 Å². The zero-order valence-corrected chi connectivity index (χ0v) is 37.3. The Morgan fingerprint density at radius 1 is 0.556 bits per heavy atom. The van der Waals surface area contributed by atoms with Crippen molar-refractivity contribution in [3.8, 4) is 40.1 Å². The first-order valence-electron chi connectivity index (χ1n) is 21.5. The molecule has 4 aromatic heterocycles. The molecule has 5 heterocycles. The van der Waals surface area contributed by atoms with Gasteiger partial charge in [-0.05, 0) is 123 Å². The van der Waals surface area contributed by atoms with Gasteiger partial charge in [-0.1, -0.05) is 80.4 Å². The van der Waals surface area contributed by atoms with Crippen LogP contribution in [0.15, 0.2) is 128 Å². The van der Waals surface area contributed by atoms with Crippen molar-refractivity contribution < 1.29 is 4.74 Å². The van der Waals surface area contributed by atoms with Crippen molar-refractivity contribution in [2.24, 2.45) is 0 Å². The number of aromatic nitrogens is 6. The van der Waals surface area contributed by atoms with Crippen molar-refractivity contribution in [3.63, 3.8) is 0 Å². The predicted octanol–water partition coefficient (Wildman–Crippen LogP) is 13.3. The van der Waals surface area contributed by atoms with E-state index in [2.05, 4.69) is 167 Å². The summed E-state index contributed by atoms with van der Waals surface area (Å²) in [4.78, 5) is 29.5. The van der Waals surface area contributed by atoms with Gasteiger partial charge in [0.2, 0.25) is 5.95 Å². The van der Waals surface area contributed by atoms with Crippen LogP contribution in [0.1, 0.15) is 59.7 Å². The minimum absolute atomic E-state index is 0.0182. The summed E-state index contributed by atoms with van der Waals surface area (Å²) >= 11 is 0. The van der Waals surface area contributed by atoms with E-state index in [4.69, 9.17) is 24.7 Å². The van der Waals surface area contributed by atoms with Crippen LogP contribution in [0, 0.1) is 41.5 Å². The second-order valence-corrected chi connectivity index (χ2v) is 18.0. The predicted molar refractivity (Wildman–Crippen MR) is 256 cm³/mol. The topological polar surface area (TPSA) is 85.1 Å². The molecular weight excluding hydrogens is 777 g/mol. The normalized spacial score (nSPS) is 12.7. The third-order valence-corrected chi connectivity index (χ3v) is 12.2. The van der Waals surface area contributed by atoms with Crippen molar-refractivity contribution in [1.82, 2.24) is 29.5 Å². The van der Waals surface area contributed by atoms with Gasteiger partial charge in [-0.3, -0.25) is 14.5 Å². The number of hydrogen-bond donors (Lipinski definition) is 0. The summed E-state index contributed by atoms with van der Waals surface area (Å²) < 4.78 is 8.97. The molecule has 63 heavy (non-hydrogen) atoms. The number of hydrogen-bond acceptors (Lipinski definition) is 8. The molecular formula is C54H50N8O. The van der Waals surface area contributed by atoms with Gasteiger partial charge in [0.05, 0.1) is 28.6 Å². The fourth-order valence-corrected chi connectivity index (χ4v) is 9.39. The van der Waals surface area contributed by atoms with E-state index in [1.807, 2.05) is 42.9 Å². The van der Waals surface area contributed by atoms with Crippen LogP contribution in [-0.4, -0.2) is 36.2 Å². The van der Waals surface area contributed by atoms with E-state index in [9.17, 15) is 0 Å². The molecule has 0 saturated heterocycles. The van der Waals surface area contributed by atoms with Crippen LogP contribution in [0.4, 0.5) is 23.0 Å².